The summed E-state index contributed by atoms with van der Waals surface area (Å²) in [5.41, 5.74) is 2.13. The number of carbonyl (C=O) groups excluding carboxylic acids is 1. The largest absolute Gasteiger partial charge is 0.367 e. The van der Waals surface area contributed by atoms with Crippen molar-refractivity contribution in [3.8, 4) is 0 Å². The van der Waals surface area contributed by atoms with Crippen molar-refractivity contribution < 1.29 is 17.6 Å². The van der Waals surface area contributed by atoms with Crippen LogP contribution in [0.1, 0.15) is 22.3 Å². The van der Waals surface area contributed by atoms with Crippen molar-refractivity contribution in [2.45, 2.75) is 13.3 Å². The highest BCUT2D eigenvalue weighted by atomic mass is 32.2. The zero-order valence-corrected chi connectivity index (χ0v) is 17.3. The van der Waals surface area contributed by atoms with E-state index >= 15 is 0 Å². The summed E-state index contributed by atoms with van der Waals surface area (Å²) in [6.45, 7) is 3.79. The summed E-state index contributed by atoms with van der Waals surface area (Å²) in [7, 11) is -3.41. The maximum atomic E-state index is 13.9. The van der Waals surface area contributed by atoms with E-state index in [1.807, 2.05) is 24.0 Å². The molecule has 1 fully saturated rings. The summed E-state index contributed by atoms with van der Waals surface area (Å²) < 4.78 is 40.5. The number of para-hydroxylation sites is 1. The molecule has 1 aliphatic rings. The fourth-order valence-electron chi connectivity index (χ4n) is 3.31. The molecule has 1 saturated heterocycles. The van der Waals surface area contributed by atoms with Gasteiger partial charge in [0.05, 0.1) is 11.4 Å². The van der Waals surface area contributed by atoms with Crippen molar-refractivity contribution in [3.63, 3.8) is 0 Å². The van der Waals surface area contributed by atoms with Crippen LogP contribution in [-0.4, -0.2) is 57.1 Å². The molecule has 0 unspecified atom stereocenters. The lowest BCUT2D eigenvalue weighted by Gasteiger charge is -2.35. The number of amides is 1. The third kappa shape index (κ3) is 5.55. The molecule has 0 aliphatic carbocycles. The summed E-state index contributed by atoms with van der Waals surface area (Å²) >= 11 is 0. The number of rotatable bonds is 7. The molecule has 1 heterocycles. The number of nitrogens with one attached hydrogen (secondary N) is 1. The molecule has 0 saturated carbocycles. The molecule has 0 radical (unpaired) electrons. The number of piperazine rings is 1. The Bertz CT molecular complexity index is 940. The van der Waals surface area contributed by atoms with Crippen LogP contribution in [-0.2, 0) is 10.0 Å². The third-order valence-corrected chi connectivity index (χ3v) is 6.96. The van der Waals surface area contributed by atoms with E-state index in [1.54, 1.807) is 30.3 Å². The lowest BCUT2D eigenvalue weighted by molar-refractivity contribution is 0.0953. The lowest BCUT2D eigenvalue weighted by atomic mass is 10.1. The third-order valence-electron chi connectivity index (χ3n) is 5.00. The van der Waals surface area contributed by atoms with Crippen molar-refractivity contribution in [2.24, 2.45) is 0 Å². The summed E-state index contributed by atoms with van der Waals surface area (Å²) in [5.74, 6) is -0.532. The van der Waals surface area contributed by atoms with Crippen LogP contribution in [0.15, 0.2) is 48.5 Å². The number of carbonyl (C=O) groups is 1. The van der Waals surface area contributed by atoms with E-state index in [2.05, 4.69) is 5.32 Å². The van der Waals surface area contributed by atoms with Gasteiger partial charge in [-0.25, -0.2) is 12.8 Å². The van der Waals surface area contributed by atoms with E-state index in [4.69, 9.17) is 0 Å². The van der Waals surface area contributed by atoms with E-state index in [9.17, 15) is 17.6 Å². The van der Waals surface area contributed by atoms with E-state index in [1.165, 1.54) is 10.4 Å². The van der Waals surface area contributed by atoms with Crippen LogP contribution in [0, 0.1) is 12.7 Å². The van der Waals surface area contributed by atoms with Crippen molar-refractivity contribution in [1.29, 1.82) is 0 Å². The lowest BCUT2D eigenvalue weighted by Crippen LogP contribution is -2.49. The summed E-state index contributed by atoms with van der Waals surface area (Å²) in [5, 5.41) is 2.76. The minimum absolute atomic E-state index is 0.0269. The highest BCUT2D eigenvalue weighted by Crippen LogP contribution is 2.21. The summed E-state index contributed by atoms with van der Waals surface area (Å²) in [6.07, 6.45) is 0.341. The van der Waals surface area contributed by atoms with Crippen LogP contribution in [0.5, 0.6) is 0 Å². The number of hydrogen-bond donors (Lipinski definition) is 1. The van der Waals surface area contributed by atoms with Gasteiger partial charge >= 0.3 is 0 Å². The second-order valence-corrected chi connectivity index (χ2v) is 9.22. The Hall–Kier alpha value is -2.45. The molecule has 0 bridgehead atoms. The van der Waals surface area contributed by atoms with Crippen molar-refractivity contribution >= 4 is 21.6 Å². The Labute approximate surface area is 171 Å². The van der Waals surface area contributed by atoms with Crippen LogP contribution >= 0.6 is 0 Å². The topological polar surface area (TPSA) is 69.7 Å². The molecule has 1 aliphatic heterocycles. The SMILES string of the molecule is Cc1ccc(C(=O)NCCCS(=O)(=O)N2CCN(c3ccccc3F)CC2)cc1. The molecule has 156 valence electrons. The van der Waals surface area contributed by atoms with Crippen LogP contribution in [0.2, 0.25) is 0 Å². The normalized spacial score (nSPS) is 15.3. The van der Waals surface area contributed by atoms with Gasteiger partial charge in [0.2, 0.25) is 10.0 Å². The Morgan fingerprint density at radius 1 is 1.03 bits per heavy atom. The number of halogens is 1. The molecule has 2 aromatic carbocycles. The van der Waals surface area contributed by atoms with Crippen molar-refractivity contribution in [3.05, 3.63) is 65.5 Å². The quantitative estimate of drug-likeness (QED) is 0.700. The van der Waals surface area contributed by atoms with Crippen molar-refractivity contribution in [1.82, 2.24) is 9.62 Å². The number of benzene rings is 2. The second kappa shape index (κ2) is 9.37. The van der Waals surface area contributed by atoms with Crippen LogP contribution < -0.4 is 10.2 Å². The smallest absolute Gasteiger partial charge is 0.251 e. The molecule has 1 amide bonds. The second-order valence-electron chi connectivity index (χ2n) is 7.13. The van der Waals surface area contributed by atoms with Crippen LogP contribution in [0.25, 0.3) is 0 Å². The standard InChI is InChI=1S/C21H26FN3O3S/c1-17-7-9-18(10-8-17)21(26)23-11-4-16-29(27,28)25-14-12-24(13-15-25)20-6-3-2-5-19(20)22/h2-3,5-10H,4,11-16H2,1H3,(H,23,26). The van der Waals surface area contributed by atoms with E-state index in [-0.39, 0.29) is 17.5 Å². The predicted octanol–water partition coefficient (Wildman–Crippen LogP) is 2.41. The maximum absolute atomic E-state index is 13.9. The van der Waals surface area contributed by atoms with Gasteiger partial charge in [0, 0.05) is 38.3 Å². The van der Waals surface area contributed by atoms with E-state index in [0.29, 0.717) is 50.4 Å². The minimum Gasteiger partial charge on any atom is -0.367 e. The van der Waals surface area contributed by atoms with E-state index < -0.39 is 10.0 Å². The Morgan fingerprint density at radius 2 is 1.69 bits per heavy atom. The first kappa shape index (κ1) is 21.3. The average Bonchev–Trinajstić information content (AvgIpc) is 2.72. The first-order chi connectivity index (χ1) is 13.9. The zero-order chi connectivity index (χ0) is 20.9. The molecular weight excluding hydrogens is 393 g/mol. The number of nitrogens with zero attached hydrogens (tertiary/aromatic N) is 2. The van der Waals surface area contributed by atoms with E-state index in [0.717, 1.165) is 5.56 Å². The van der Waals surface area contributed by atoms with Gasteiger partial charge in [-0.15, -0.1) is 0 Å². The van der Waals surface area contributed by atoms with Crippen molar-refractivity contribution in [2.75, 3.05) is 43.4 Å². The highest BCUT2D eigenvalue weighted by molar-refractivity contribution is 7.89. The molecule has 0 atom stereocenters. The first-order valence-electron chi connectivity index (χ1n) is 9.69. The van der Waals surface area contributed by atoms with Gasteiger partial charge in [-0.3, -0.25) is 4.79 Å². The van der Waals surface area contributed by atoms with Crippen LogP contribution in [0.4, 0.5) is 10.1 Å². The van der Waals surface area contributed by atoms with Gasteiger partial charge in [-0.05, 0) is 37.6 Å². The first-order valence-corrected chi connectivity index (χ1v) is 11.3. The summed E-state index contributed by atoms with van der Waals surface area (Å²) in [4.78, 5) is 13.9. The van der Waals surface area contributed by atoms with Gasteiger partial charge in [0.25, 0.3) is 5.91 Å². The Morgan fingerprint density at radius 3 is 2.34 bits per heavy atom. The minimum atomic E-state index is -3.41. The molecule has 3 rings (SSSR count). The highest BCUT2D eigenvalue weighted by Gasteiger charge is 2.27. The summed E-state index contributed by atoms with van der Waals surface area (Å²) in [6, 6.07) is 13.7. The van der Waals surface area contributed by atoms with Crippen LogP contribution in [0.3, 0.4) is 0 Å². The Kier molecular flexibility index (Phi) is 6.87. The molecular formula is C21H26FN3O3S. The van der Waals surface area contributed by atoms with Gasteiger partial charge in [-0.2, -0.15) is 4.31 Å². The number of hydrogen-bond acceptors (Lipinski definition) is 4. The van der Waals surface area contributed by atoms with Gasteiger partial charge in [0.15, 0.2) is 0 Å². The zero-order valence-electron chi connectivity index (χ0n) is 16.5. The Balaban J connectivity index is 1.44. The number of aryl methyl sites for hydroxylation is 1. The molecule has 8 heteroatoms. The fraction of sp³-hybridized carbons (Fsp3) is 0.381. The molecule has 0 aromatic heterocycles. The molecule has 0 spiro atoms. The maximum Gasteiger partial charge on any atom is 0.251 e. The fourth-order valence-corrected chi connectivity index (χ4v) is 4.79. The predicted molar refractivity (Wildman–Crippen MR) is 112 cm³/mol. The average molecular weight is 420 g/mol. The van der Waals surface area contributed by atoms with Gasteiger partial charge < -0.3 is 10.2 Å². The number of anilines is 1. The van der Waals surface area contributed by atoms with Gasteiger partial charge in [0.1, 0.15) is 5.82 Å². The van der Waals surface area contributed by atoms with Gasteiger partial charge in [-0.1, -0.05) is 29.8 Å². The molecule has 29 heavy (non-hydrogen) atoms. The molecule has 1 N–H and O–H groups in total. The number of sulfonamides is 1. The molecule has 2 aromatic rings. The molecule has 6 nitrogen and oxygen atoms in total. The monoisotopic (exact) mass is 419 g/mol.